The highest BCUT2D eigenvalue weighted by Gasteiger charge is 2.60. The summed E-state index contributed by atoms with van der Waals surface area (Å²) in [6.45, 7) is -0.384. The zero-order chi connectivity index (χ0) is 32.6. The molecule has 0 saturated carbocycles. The predicted octanol–water partition coefficient (Wildman–Crippen LogP) is 5.64. The topological polar surface area (TPSA) is 154 Å². The van der Waals surface area contributed by atoms with Crippen LogP contribution in [-0.2, 0) is 14.9 Å². The number of aromatic nitrogens is 4. The number of halogens is 2. The van der Waals surface area contributed by atoms with Gasteiger partial charge in [0, 0.05) is 5.92 Å². The summed E-state index contributed by atoms with van der Waals surface area (Å²) in [4.78, 5) is 50.9. The highest BCUT2D eigenvalue weighted by molar-refractivity contribution is 6.35. The van der Waals surface area contributed by atoms with Gasteiger partial charge in [-0.2, -0.15) is 4.98 Å². The van der Waals surface area contributed by atoms with Crippen LogP contribution in [0.2, 0.25) is 10.4 Å². The number of terminal acetylenes is 1. The van der Waals surface area contributed by atoms with Gasteiger partial charge in [0.1, 0.15) is 23.6 Å². The van der Waals surface area contributed by atoms with E-state index in [0.717, 1.165) is 0 Å². The molecule has 3 aromatic carbocycles. The molecule has 0 bridgehead atoms. The zero-order valence-electron chi connectivity index (χ0n) is 23.6. The second-order valence-corrected chi connectivity index (χ2v) is 11.0. The molecule has 2 N–H and O–H groups in total. The van der Waals surface area contributed by atoms with E-state index < -0.39 is 41.6 Å². The van der Waals surface area contributed by atoms with Gasteiger partial charge in [0.25, 0.3) is 0 Å². The number of benzene rings is 3. The lowest BCUT2D eigenvalue weighted by atomic mass is 9.64. The van der Waals surface area contributed by atoms with Gasteiger partial charge in [-0.25, -0.2) is 24.4 Å². The zero-order valence-corrected chi connectivity index (χ0v) is 25.1. The number of esters is 1. The lowest BCUT2D eigenvalue weighted by molar-refractivity contribution is -0.0402. The number of carboxylic acids is 2. The average molecular weight is 657 g/mol. The van der Waals surface area contributed by atoms with E-state index >= 15 is 0 Å². The van der Waals surface area contributed by atoms with Crippen LogP contribution in [0, 0.1) is 12.3 Å². The van der Waals surface area contributed by atoms with E-state index in [2.05, 4.69) is 20.9 Å². The summed E-state index contributed by atoms with van der Waals surface area (Å²) >= 11 is 12.5. The molecule has 1 fully saturated rings. The maximum absolute atomic E-state index is 13.1. The van der Waals surface area contributed by atoms with Crippen molar-refractivity contribution in [1.29, 1.82) is 0 Å². The van der Waals surface area contributed by atoms with E-state index in [1.807, 2.05) is 0 Å². The minimum absolute atomic E-state index is 0.0508. The molecule has 1 saturated heterocycles. The van der Waals surface area contributed by atoms with Crippen molar-refractivity contribution < 1.29 is 34.1 Å². The van der Waals surface area contributed by atoms with Crippen LogP contribution in [0.15, 0.2) is 85.2 Å². The Bertz CT molecular complexity index is 2050. The van der Waals surface area contributed by atoms with Gasteiger partial charge < -0.3 is 19.7 Å². The van der Waals surface area contributed by atoms with Gasteiger partial charge in [-0.15, -0.1) is 6.42 Å². The monoisotopic (exact) mass is 656 g/mol. The number of carboxylic acid groups (broad SMARTS) is 2. The van der Waals surface area contributed by atoms with Crippen LogP contribution in [0.4, 0.5) is 0 Å². The Morgan fingerprint density at radius 1 is 0.935 bits per heavy atom. The molecule has 5 aromatic rings. The number of ether oxygens (including phenoxy) is 2. The maximum atomic E-state index is 13.1. The van der Waals surface area contributed by atoms with Gasteiger partial charge in [-0.3, -0.25) is 4.57 Å². The fraction of sp³-hybridized carbons (Fsp3) is 0.152. The number of rotatable bonds is 8. The first-order chi connectivity index (χ1) is 22.2. The van der Waals surface area contributed by atoms with Gasteiger partial charge in [0.15, 0.2) is 17.0 Å². The summed E-state index contributed by atoms with van der Waals surface area (Å²) in [6.07, 6.45) is 5.38. The van der Waals surface area contributed by atoms with Crippen LogP contribution in [0.1, 0.15) is 54.3 Å². The van der Waals surface area contributed by atoms with Gasteiger partial charge in [-0.05, 0) is 47.0 Å². The van der Waals surface area contributed by atoms with Crippen LogP contribution >= 0.6 is 23.2 Å². The minimum Gasteiger partial charge on any atom is -0.478 e. The molecule has 0 aliphatic carbocycles. The number of carbonyl (C=O) groups excluding carboxylic acids is 1. The SMILES string of the molecule is C#C[C@@]1(c2ccccc2C(=O)O)[C@@H](c2ccccc2C(=O)O)[C@H](COC(=O)c2ccccc2)O[C@H]1n1cnc2c(Cl)nc(Cl)nc21. The second-order valence-electron chi connectivity index (χ2n) is 10.3. The smallest absolute Gasteiger partial charge is 0.338 e. The van der Waals surface area contributed by atoms with Crippen LogP contribution in [-0.4, -0.2) is 60.4 Å². The van der Waals surface area contributed by atoms with Gasteiger partial charge >= 0.3 is 17.9 Å². The average Bonchev–Trinajstić information content (AvgIpc) is 3.63. The quantitative estimate of drug-likeness (QED) is 0.0928. The van der Waals surface area contributed by atoms with Crippen LogP contribution < -0.4 is 0 Å². The molecule has 0 spiro atoms. The molecule has 46 heavy (non-hydrogen) atoms. The molecule has 13 heteroatoms. The van der Waals surface area contributed by atoms with Crippen molar-refractivity contribution in [3.63, 3.8) is 0 Å². The number of hydrogen-bond acceptors (Lipinski definition) is 8. The number of carbonyl (C=O) groups is 3. The molecule has 11 nitrogen and oxygen atoms in total. The Morgan fingerprint density at radius 3 is 2.28 bits per heavy atom. The Hall–Kier alpha value is -5.28. The molecular weight excluding hydrogens is 635 g/mol. The molecule has 230 valence electrons. The minimum atomic E-state index is -1.76. The Morgan fingerprint density at radius 2 is 1.59 bits per heavy atom. The van der Waals surface area contributed by atoms with E-state index in [4.69, 9.17) is 39.1 Å². The first-order valence-corrected chi connectivity index (χ1v) is 14.5. The second kappa shape index (κ2) is 12.3. The highest BCUT2D eigenvalue weighted by Crippen LogP contribution is 2.57. The van der Waals surface area contributed by atoms with Crippen LogP contribution in [0.25, 0.3) is 11.2 Å². The van der Waals surface area contributed by atoms with E-state index in [9.17, 15) is 24.6 Å². The van der Waals surface area contributed by atoms with E-state index in [1.54, 1.807) is 66.7 Å². The highest BCUT2D eigenvalue weighted by atomic mass is 35.5. The number of imidazole rings is 1. The van der Waals surface area contributed by atoms with Crippen molar-refractivity contribution in [2.45, 2.75) is 23.7 Å². The molecule has 1 aliphatic heterocycles. The van der Waals surface area contributed by atoms with E-state index in [1.165, 1.54) is 23.0 Å². The Balaban J connectivity index is 1.63. The predicted molar refractivity (Wildman–Crippen MR) is 166 cm³/mol. The Labute approximate surface area is 271 Å². The fourth-order valence-corrected chi connectivity index (χ4v) is 6.46. The van der Waals surface area contributed by atoms with Crippen molar-refractivity contribution in [2.24, 2.45) is 0 Å². The third kappa shape index (κ3) is 5.12. The van der Waals surface area contributed by atoms with Crippen molar-refractivity contribution in [2.75, 3.05) is 6.61 Å². The molecular formula is C33H22Cl2N4O7. The third-order valence-corrected chi connectivity index (χ3v) is 8.35. The summed E-state index contributed by atoms with van der Waals surface area (Å²) in [5.41, 5.74) is -1.08. The largest absolute Gasteiger partial charge is 0.478 e. The number of hydrogen-bond donors (Lipinski definition) is 2. The first kappa shape index (κ1) is 30.7. The molecule has 6 rings (SSSR count). The third-order valence-electron chi connectivity index (χ3n) is 7.92. The molecule has 0 unspecified atom stereocenters. The van der Waals surface area contributed by atoms with Gasteiger partial charge in [0.05, 0.1) is 23.0 Å². The summed E-state index contributed by atoms with van der Waals surface area (Å²) in [5.74, 6) is -1.48. The van der Waals surface area contributed by atoms with Gasteiger partial charge in [-0.1, -0.05) is 72.1 Å². The number of fused-ring (bicyclic) bond motifs is 1. The first-order valence-electron chi connectivity index (χ1n) is 13.7. The maximum Gasteiger partial charge on any atom is 0.338 e. The normalized spacial score (nSPS) is 20.7. The van der Waals surface area contributed by atoms with Crippen molar-refractivity contribution >= 4 is 52.3 Å². The fourth-order valence-electron chi connectivity index (χ4n) is 6.04. The van der Waals surface area contributed by atoms with Crippen molar-refractivity contribution in [1.82, 2.24) is 19.5 Å². The van der Waals surface area contributed by atoms with E-state index in [-0.39, 0.29) is 56.0 Å². The Kier molecular flexibility index (Phi) is 8.19. The van der Waals surface area contributed by atoms with E-state index in [0.29, 0.717) is 0 Å². The molecule has 0 radical (unpaired) electrons. The number of nitrogens with zero attached hydrogens (tertiary/aromatic N) is 4. The van der Waals surface area contributed by atoms with Gasteiger partial charge in [0.2, 0.25) is 5.28 Å². The molecule has 2 aromatic heterocycles. The standard InChI is InChI=1S/C33H22Cl2N4O7/c1-2-33(22-15-9-8-14-21(22)29(42)43)24(19-12-6-7-13-20(19)28(40)41)23(16-45-30(44)18-10-4-3-5-11-18)46-31(33)39-17-36-25-26(34)37-32(35)38-27(25)39/h1,3-15,17,23-24,31H,16H2,(H,40,41)(H,42,43)/t23-,24-,31+,33+/m0/s1. The van der Waals surface area contributed by atoms with Crippen molar-refractivity contribution in [3.05, 3.63) is 123 Å². The van der Waals surface area contributed by atoms with Crippen LogP contribution in [0.5, 0.6) is 0 Å². The number of aromatic carboxylic acids is 2. The molecule has 1 aliphatic rings. The lowest BCUT2D eigenvalue weighted by Crippen LogP contribution is -2.40. The van der Waals surface area contributed by atoms with Crippen molar-refractivity contribution in [3.8, 4) is 12.3 Å². The lowest BCUT2D eigenvalue weighted by Gasteiger charge is -2.37. The molecule has 0 amide bonds. The van der Waals surface area contributed by atoms with Crippen LogP contribution in [0.3, 0.4) is 0 Å². The summed E-state index contributed by atoms with van der Waals surface area (Å²) in [5, 5.41) is 20.3. The summed E-state index contributed by atoms with van der Waals surface area (Å²) < 4.78 is 13.8. The summed E-state index contributed by atoms with van der Waals surface area (Å²) in [6, 6.07) is 20.5. The summed E-state index contributed by atoms with van der Waals surface area (Å²) in [7, 11) is 0. The molecule has 4 atom stereocenters. The molecule has 3 heterocycles.